The van der Waals surface area contributed by atoms with E-state index in [0.29, 0.717) is 34.6 Å². The molecule has 0 saturated carbocycles. The van der Waals surface area contributed by atoms with Gasteiger partial charge in [0.25, 0.3) is 0 Å². The number of aliphatic hydroxyl groups excluding tert-OH is 1. The third-order valence-electron chi connectivity index (χ3n) is 6.35. The monoisotopic (exact) mass is 532 g/mol. The van der Waals surface area contributed by atoms with Gasteiger partial charge in [-0.15, -0.1) is 0 Å². The van der Waals surface area contributed by atoms with E-state index in [2.05, 4.69) is 15.9 Å². The molecule has 0 aromatic heterocycles. The van der Waals surface area contributed by atoms with Crippen LogP contribution in [0, 0.1) is 5.41 Å². The molecule has 1 aliphatic carbocycles. The highest BCUT2D eigenvalue weighted by molar-refractivity contribution is 9.10. The Balaban J connectivity index is 1.82. The van der Waals surface area contributed by atoms with Gasteiger partial charge in [0.15, 0.2) is 5.78 Å². The first-order valence-corrected chi connectivity index (χ1v) is 12.3. The van der Waals surface area contributed by atoms with Gasteiger partial charge in [0.05, 0.1) is 0 Å². The molecule has 1 aliphatic heterocycles. The molecule has 0 amide bonds. The van der Waals surface area contributed by atoms with Crippen molar-refractivity contribution in [2.24, 2.45) is 0 Å². The fraction of sp³-hybridized carbons (Fsp3) is 0.143. The molecule has 0 spiro atoms. The second-order valence-electron chi connectivity index (χ2n) is 8.41. The number of hydrogen-bond acceptors (Lipinski definition) is 3. The summed E-state index contributed by atoms with van der Waals surface area (Å²) in [5, 5.41) is 21.4. The fourth-order valence-electron chi connectivity index (χ4n) is 4.81. The van der Waals surface area contributed by atoms with Crippen molar-refractivity contribution >= 4 is 50.6 Å². The first kappa shape index (κ1) is 22.6. The van der Waals surface area contributed by atoms with Crippen molar-refractivity contribution in [1.82, 2.24) is 0 Å². The SMILES string of the molecule is N=C1/C(=C(/O)c2ccccc2)C(c2ccc(Cl)cc2)C2=C(CCCC2=O)N1c1ccc(Br)cc1. The maximum Gasteiger partial charge on any atom is 0.161 e. The maximum atomic E-state index is 13.4. The van der Waals surface area contributed by atoms with Crippen LogP contribution in [0.2, 0.25) is 5.02 Å². The number of ketones is 1. The van der Waals surface area contributed by atoms with Crippen molar-refractivity contribution in [3.63, 3.8) is 0 Å². The van der Waals surface area contributed by atoms with Crippen molar-refractivity contribution < 1.29 is 9.90 Å². The number of hydrogen-bond donors (Lipinski definition) is 2. The van der Waals surface area contributed by atoms with Crippen molar-refractivity contribution in [1.29, 1.82) is 5.41 Å². The van der Waals surface area contributed by atoms with Crippen LogP contribution in [0.1, 0.15) is 36.3 Å². The van der Waals surface area contributed by atoms with Gasteiger partial charge < -0.3 is 5.11 Å². The Labute approximate surface area is 211 Å². The van der Waals surface area contributed by atoms with Gasteiger partial charge in [-0.2, -0.15) is 0 Å². The lowest BCUT2D eigenvalue weighted by molar-refractivity contribution is -0.116. The van der Waals surface area contributed by atoms with Crippen LogP contribution in [0.3, 0.4) is 0 Å². The minimum atomic E-state index is -0.556. The summed E-state index contributed by atoms with van der Waals surface area (Å²) in [6.07, 6.45) is 1.86. The Morgan fingerprint density at radius 1 is 0.971 bits per heavy atom. The zero-order chi connectivity index (χ0) is 23.8. The first-order valence-electron chi connectivity index (χ1n) is 11.1. The number of allylic oxidation sites excluding steroid dienone is 2. The maximum absolute atomic E-state index is 13.4. The number of anilines is 1. The summed E-state index contributed by atoms with van der Waals surface area (Å²) in [4.78, 5) is 15.2. The average Bonchev–Trinajstić information content (AvgIpc) is 2.85. The van der Waals surface area contributed by atoms with Crippen LogP contribution in [0.15, 0.2) is 100 Å². The molecular formula is C28H22BrClN2O2. The van der Waals surface area contributed by atoms with E-state index in [1.807, 2.05) is 71.6 Å². The summed E-state index contributed by atoms with van der Waals surface area (Å²) in [5.41, 5.74) is 4.08. The molecule has 2 N–H and O–H groups in total. The van der Waals surface area contributed by atoms with Gasteiger partial charge >= 0.3 is 0 Å². The molecule has 6 heteroatoms. The zero-order valence-electron chi connectivity index (χ0n) is 18.3. The lowest BCUT2D eigenvalue weighted by Gasteiger charge is -2.41. The highest BCUT2D eigenvalue weighted by Gasteiger charge is 2.43. The number of amidine groups is 1. The first-order chi connectivity index (χ1) is 16.5. The largest absolute Gasteiger partial charge is 0.507 e. The van der Waals surface area contributed by atoms with Gasteiger partial charge in [0, 0.05) is 49.9 Å². The number of carbonyl (C=O) groups excluding carboxylic acids is 1. The van der Waals surface area contributed by atoms with Gasteiger partial charge in [-0.3, -0.25) is 15.1 Å². The predicted molar refractivity (Wildman–Crippen MR) is 140 cm³/mol. The molecule has 4 nitrogen and oxygen atoms in total. The average molecular weight is 534 g/mol. The smallest absolute Gasteiger partial charge is 0.161 e. The highest BCUT2D eigenvalue weighted by atomic mass is 79.9. The van der Waals surface area contributed by atoms with E-state index in [1.54, 1.807) is 12.1 Å². The molecule has 0 fully saturated rings. The second kappa shape index (κ2) is 9.24. The molecule has 34 heavy (non-hydrogen) atoms. The minimum absolute atomic E-state index is 0.00224. The third kappa shape index (κ3) is 3.99. The predicted octanol–water partition coefficient (Wildman–Crippen LogP) is 7.66. The number of nitrogens with zero attached hydrogens (tertiary/aromatic N) is 1. The fourth-order valence-corrected chi connectivity index (χ4v) is 5.20. The molecule has 170 valence electrons. The van der Waals surface area contributed by atoms with Gasteiger partial charge in [-0.25, -0.2) is 0 Å². The van der Waals surface area contributed by atoms with Crippen LogP contribution in [-0.4, -0.2) is 16.7 Å². The van der Waals surface area contributed by atoms with Crippen LogP contribution in [0.4, 0.5) is 5.69 Å². The van der Waals surface area contributed by atoms with Crippen molar-refractivity contribution in [2.75, 3.05) is 4.90 Å². The standard InChI is InChI=1S/C28H22BrClN2O2/c29-19-11-15-21(16-12-19)32-22-7-4-8-23(33)25(22)24(17-9-13-20(30)14-10-17)26(28(32)31)27(34)18-5-2-1-3-6-18/h1-3,5-6,9-16,24,31,34H,4,7-8H2/b27-26+,31-28?. The van der Waals surface area contributed by atoms with Crippen LogP contribution in [-0.2, 0) is 4.79 Å². The van der Waals surface area contributed by atoms with E-state index >= 15 is 0 Å². The van der Waals surface area contributed by atoms with E-state index in [9.17, 15) is 15.3 Å². The van der Waals surface area contributed by atoms with Gasteiger partial charge in [-0.1, -0.05) is 70.0 Å². The number of rotatable bonds is 3. The Hall–Kier alpha value is -3.15. The molecule has 1 unspecified atom stereocenters. The molecule has 3 aromatic carbocycles. The van der Waals surface area contributed by atoms with E-state index in [0.717, 1.165) is 27.8 Å². The van der Waals surface area contributed by atoms with E-state index < -0.39 is 5.92 Å². The highest BCUT2D eigenvalue weighted by Crippen LogP contribution is 2.48. The zero-order valence-corrected chi connectivity index (χ0v) is 20.6. The Bertz CT molecular complexity index is 1330. The summed E-state index contributed by atoms with van der Waals surface area (Å²) in [7, 11) is 0. The van der Waals surface area contributed by atoms with Crippen molar-refractivity contribution in [3.05, 3.63) is 116 Å². The topological polar surface area (TPSA) is 64.4 Å². The minimum Gasteiger partial charge on any atom is -0.507 e. The van der Waals surface area contributed by atoms with Crippen molar-refractivity contribution in [2.45, 2.75) is 25.2 Å². The number of benzene rings is 3. The molecule has 5 rings (SSSR count). The van der Waals surface area contributed by atoms with Gasteiger partial charge in [0.2, 0.25) is 0 Å². The summed E-state index contributed by atoms with van der Waals surface area (Å²) >= 11 is 9.64. The number of nitrogens with one attached hydrogen (secondary N) is 1. The quantitative estimate of drug-likeness (QED) is 0.340. The van der Waals surface area contributed by atoms with E-state index in [1.165, 1.54) is 0 Å². The van der Waals surface area contributed by atoms with Crippen LogP contribution < -0.4 is 4.90 Å². The lowest BCUT2D eigenvalue weighted by atomic mass is 9.73. The molecule has 0 bridgehead atoms. The molecule has 0 saturated heterocycles. The lowest BCUT2D eigenvalue weighted by Crippen LogP contribution is -2.42. The summed E-state index contributed by atoms with van der Waals surface area (Å²) in [5.74, 6) is -0.344. The Morgan fingerprint density at radius 3 is 2.32 bits per heavy atom. The van der Waals surface area contributed by atoms with Gasteiger partial charge in [0.1, 0.15) is 11.6 Å². The van der Waals surface area contributed by atoms with Crippen LogP contribution in [0.25, 0.3) is 5.76 Å². The number of Topliss-reactive ketones (excluding diaryl/α,β-unsaturated/α-hetero) is 1. The van der Waals surface area contributed by atoms with Crippen LogP contribution in [0.5, 0.6) is 0 Å². The molecule has 1 atom stereocenters. The molecular weight excluding hydrogens is 512 g/mol. The molecule has 0 radical (unpaired) electrons. The molecule has 3 aromatic rings. The summed E-state index contributed by atoms with van der Waals surface area (Å²) in [6.45, 7) is 0. The normalized spacial score (nSPS) is 19.8. The Kier molecular flexibility index (Phi) is 6.15. The van der Waals surface area contributed by atoms with E-state index in [-0.39, 0.29) is 17.4 Å². The number of halogens is 2. The summed E-state index contributed by atoms with van der Waals surface area (Å²) < 4.78 is 0.927. The molecule has 1 heterocycles. The second-order valence-corrected chi connectivity index (χ2v) is 9.76. The third-order valence-corrected chi connectivity index (χ3v) is 7.13. The number of carbonyl (C=O) groups is 1. The van der Waals surface area contributed by atoms with E-state index in [4.69, 9.17) is 11.6 Å². The van der Waals surface area contributed by atoms with Crippen LogP contribution >= 0.6 is 27.5 Å². The molecule has 2 aliphatic rings. The van der Waals surface area contributed by atoms with Gasteiger partial charge in [-0.05, 0) is 54.8 Å². The summed E-state index contributed by atoms with van der Waals surface area (Å²) in [6, 6.07) is 24.2. The van der Waals surface area contributed by atoms with Crippen molar-refractivity contribution in [3.8, 4) is 0 Å². The number of aliphatic hydroxyl groups is 1. The Morgan fingerprint density at radius 2 is 1.65 bits per heavy atom.